The summed E-state index contributed by atoms with van der Waals surface area (Å²) in [4.78, 5) is 71.1. The predicted molar refractivity (Wildman–Crippen MR) is 243 cm³/mol. The zero-order valence-corrected chi connectivity index (χ0v) is 33.7. The van der Waals surface area contributed by atoms with E-state index in [2.05, 4.69) is 20.6 Å². The van der Waals surface area contributed by atoms with Crippen molar-refractivity contribution >= 4 is 68.2 Å². The lowest BCUT2D eigenvalue weighted by Crippen LogP contribution is -2.46. The summed E-state index contributed by atoms with van der Waals surface area (Å²) in [5, 5.41) is 7.46. The van der Waals surface area contributed by atoms with Crippen LogP contribution >= 0.6 is 0 Å². The van der Waals surface area contributed by atoms with Crippen molar-refractivity contribution in [3.05, 3.63) is 203 Å². The molecule has 2 aliphatic heterocycles. The number of benzodiazepines with no additional fused rings is 2. The predicted octanol–water partition coefficient (Wildman–Crippen LogP) is 7.48. The van der Waals surface area contributed by atoms with Gasteiger partial charge in [0.25, 0.3) is 23.6 Å². The molecule has 0 saturated carbocycles. The first kappa shape index (κ1) is 39.1. The molecule has 12 nitrogen and oxygen atoms in total. The molecule has 12 heteroatoms. The van der Waals surface area contributed by atoms with Crippen LogP contribution in [0.4, 0.5) is 11.4 Å². The van der Waals surface area contributed by atoms with Crippen LogP contribution in [-0.4, -0.2) is 71.4 Å². The van der Waals surface area contributed by atoms with Gasteiger partial charge in [-0.05, 0) is 36.4 Å². The van der Waals surface area contributed by atoms with Crippen molar-refractivity contribution in [3.8, 4) is 0 Å². The quantitative estimate of drug-likeness (QED) is 0.137. The largest absolute Gasteiger partial charge is 0.351 e. The van der Waals surface area contributed by atoms with Crippen LogP contribution in [0.25, 0.3) is 21.8 Å². The zero-order chi connectivity index (χ0) is 42.7. The van der Waals surface area contributed by atoms with E-state index in [4.69, 9.17) is 9.98 Å². The van der Waals surface area contributed by atoms with E-state index >= 15 is 0 Å². The topological polar surface area (TPSA) is 155 Å². The molecule has 304 valence electrons. The van der Waals surface area contributed by atoms with Crippen molar-refractivity contribution in [3.63, 3.8) is 0 Å². The molecule has 0 aliphatic carbocycles. The van der Waals surface area contributed by atoms with Crippen LogP contribution in [0.15, 0.2) is 180 Å². The van der Waals surface area contributed by atoms with Gasteiger partial charge in [0.1, 0.15) is 11.4 Å². The lowest BCUT2D eigenvalue weighted by Gasteiger charge is -2.20. The molecule has 0 bridgehead atoms. The van der Waals surface area contributed by atoms with Crippen molar-refractivity contribution in [2.24, 2.45) is 9.98 Å². The minimum absolute atomic E-state index is 0.303. The highest BCUT2D eigenvalue weighted by molar-refractivity contribution is 6.21. The number of benzene rings is 6. The average molecular weight is 817 g/mol. The van der Waals surface area contributed by atoms with Crippen molar-refractivity contribution < 1.29 is 19.2 Å². The number of anilines is 2. The van der Waals surface area contributed by atoms with E-state index in [0.717, 1.165) is 55.4 Å². The maximum absolute atomic E-state index is 13.2. The molecular formula is C50H40N8O4. The van der Waals surface area contributed by atoms with Crippen LogP contribution in [0, 0.1) is 0 Å². The van der Waals surface area contributed by atoms with Crippen LogP contribution in [-0.2, 0) is 9.59 Å². The Bertz CT molecular complexity index is 2790. The summed E-state index contributed by atoms with van der Waals surface area (Å²) in [6.45, 7) is 0. The molecule has 2 atom stereocenters. The smallest absolute Gasteiger partial charge is 0.272 e. The van der Waals surface area contributed by atoms with Gasteiger partial charge in [-0.2, -0.15) is 0 Å². The summed E-state index contributed by atoms with van der Waals surface area (Å²) in [7, 11) is 3.40. The van der Waals surface area contributed by atoms with Crippen LogP contribution in [0.1, 0.15) is 43.2 Å². The molecule has 8 aromatic rings. The fourth-order valence-corrected chi connectivity index (χ4v) is 7.68. The second-order valence-electron chi connectivity index (χ2n) is 14.8. The molecule has 4 N–H and O–H groups in total. The van der Waals surface area contributed by atoms with Gasteiger partial charge in [0, 0.05) is 58.2 Å². The molecule has 0 unspecified atom stereocenters. The minimum Gasteiger partial charge on any atom is -0.351 e. The van der Waals surface area contributed by atoms with Gasteiger partial charge in [0.15, 0.2) is 0 Å². The number of aromatic amines is 2. The van der Waals surface area contributed by atoms with Gasteiger partial charge in [-0.3, -0.25) is 19.2 Å². The number of nitrogens with one attached hydrogen (secondary N) is 4. The van der Waals surface area contributed by atoms with Crippen molar-refractivity contribution in [1.29, 1.82) is 0 Å². The summed E-state index contributed by atoms with van der Waals surface area (Å²) in [6.07, 6.45) is -2.10. The molecular weight excluding hydrogens is 777 g/mol. The Morgan fingerprint density at radius 2 is 0.839 bits per heavy atom. The Morgan fingerprint density at radius 3 is 1.24 bits per heavy atom. The summed E-state index contributed by atoms with van der Waals surface area (Å²) in [5.41, 5.74) is 8.74. The summed E-state index contributed by atoms with van der Waals surface area (Å²) in [6, 6.07) is 53.4. The van der Waals surface area contributed by atoms with Crippen molar-refractivity contribution in [2.75, 3.05) is 23.9 Å². The molecule has 2 aromatic heterocycles. The van der Waals surface area contributed by atoms with Gasteiger partial charge in [-0.25, -0.2) is 9.98 Å². The maximum Gasteiger partial charge on any atom is 0.272 e. The minimum atomic E-state index is -1.05. The number of hydrogen-bond donors (Lipinski definition) is 4. The Hall–Kier alpha value is -8.38. The molecule has 6 aromatic carbocycles. The van der Waals surface area contributed by atoms with E-state index in [1.54, 1.807) is 36.0 Å². The number of nitrogens with zero attached hydrogens (tertiary/aromatic N) is 4. The molecule has 4 heterocycles. The normalized spacial score (nSPS) is 15.9. The maximum atomic E-state index is 13.2. The molecule has 0 spiro atoms. The number of para-hydroxylation sites is 4. The molecule has 62 heavy (non-hydrogen) atoms. The average Bonchev–Trinajstić information content (AvgIpc) is 3.93. The fraction of sp³-hybridized carbons (Fsp3) is 0.0800. The highest BCUT2D eigenvalue weighted by atomic mass is 16.2. The third-order valence-corrected chi connectivity index (χ3v) is 10.9. The molecule has 2 aliphatic rings. The van der Waals surface area contributed by atoms with E-state index < -0.39 is 12.3 Å². The summed E-state index contributed by atoms with van der Waals surface area (Å²) < 4.78 is 0. The second-order valence-corrected chi connectivity index (χ2v) is 14.8. The fourth-order valence-electron chi connectivity index (χ4n) is 7.68. The van der Waals surface area contributed by atoms with E-state index in [1.807, 2.05) is 158 Å². The van der Waals surface area contributed by atoms with Gasteiger partial charge < -0.3 is 30.4 Å². The Balaban J connectivity index is 0.000000158. The van der Waals surface area contributed by atoms with Gasteiger partial charge in [0.05, 0.1) is 22.8 Å². The molecule has 10 rings (SSSR count). The first-order valence-electron chi connectivity index (χ1n) is 20.0. The van der Waals surface area contributed by atoms with E-state index in [-0.39, 0.29) is 23.6 Å². The molecule has 0 saturated heterocycles. The number of fused-ring (bicyclic) bond motifs is 4. The van der Waals surface area contributed by atoms with E-state index in [1.165, 1.54) is 0 Å². The van der Waals surface area contributed by atoms with Crippen molar-refractivity contribution in [2.45, 2.75) is 12.3 Å². The second kappa shape index (κ2) is 16.7. The number of carbonyl (C=O) groups is 4. The standard InChI is InChI=1S/2C25H20N4O2/c2*1-29-21-14-8-6-12-18(21)22(16-9-3-2-4-10-16)27-23(25(29)31)28-24(30)20-15-17-11-5-7-13-19(17)26-20/h2*2-15,23,26H,1H3,(H,28,30)/t2*23-/m11/s1. The lowest BCUT2D eigenvalue weighted by atomic mass is 10.0. The van der Waals surface area contributed by atoms with Crippen molar-refractivity contribution in [1.82, 2.24) is 20.6 Å². The number of carbonyl (C=O) groups excluding carboxylic acids is 4. The Morgan fingerprint density at radius 1 is 0.484 bits per heavy atom. The van der Waals surface area contributed by atoms with Crippen LogP contribution < -0.4 is 20.4 Å². The molecule has 4 amide bonds. The third-order valence-electron chi connectivity index (χ3n) is 10.9. The van der Waals surface area contributed by atoms with Crippen LogP contribution in [0.5, 0.6) is 0 Å². The first-order chi connectivity index (χ1) is 30.2. The van der Waals surface area contributed by atoms with Crippen LogP contribution in [0.3, 0.4) is 0 Å². The number of aromatic nitrogens is 2. The monoisotopic (exact) mass is 816 g/mol. The van der Waals surface area contributed by atoms with Gasteiger partial charge in [-0.15, -0.1) is 0 Å². The summed E-state index contributed by atoms with van der Waals surface area (Å²) >= 11 is 0. The number of amides is 4. The first-order valence-corrected chi connectivity index (χ1v) is 20.0. The number of aliphatic imine (C=N–C) groups is 2. The summed E-state index contributed by atoms with van der Waals surface area (Å²) in [5.74, 6) is -1.37. The number of likely N-dealkylation sites (N-methyl/N-ethyl adjacent to an activating group) is 2. The number of H-pyrrole nitrogens is 2. The number of rotatable bonds is 6. The van der Waals surface area contributed by atoms with Gasteiger partial charge in [0.2, 0.25) is 12.3 Å². The zero-order valence-electron chi connectivity index (χ0n) is 33.7. The SMILES string of the molecule is CN1C(=O)[C@@H](NC(=O)c2cc3ccccc3[nH]2)N=C(c2ccccc2)c2ccccc21.CN1C(=O)[C@@H](NC(=O)c2cc3ccccc3[nH]2)N=C(c2ccccc2)c2ccccc21. The van der Waals surface area contributed by atoms with Gasteiger partial charge >= 0.3 is 0 Å². The van der Waals surface area contributed by atoms with Gasteiger partial charge in [-0.1, -0.05) is 133 Å². The highest BCUT2D eigenvalue weighted by Gasteiger charge is 2.33. The van der Waals surface area contributed by atoms with E-state index in [9.17, 15) is 19.2 Å². The lowest BCUT2D eigenvalue weighted by molar-refractivity contribution is -0.120. The molecule has 0 radical (unpaired) electrons. The Labute approximate surface area is 356 Å². The number of hydrogen-bond acceptors (Lipinski definition) is 6. The third kappa shape index (κ3) is 7.64. The highest BCUT2D eigenvalue weighted by Crippen LogP contribution is 2.29. The molecule has 0 fully saturated rings. The van der Waals surface area contributed by atoms with Crippen LogP contribution in [0.2, 0.25) is 0 Å². The van der Waals surface area contributed by atoms with E-state index in [0.29, 0.717) is 22.8 Å². The Kier molecular flexibility index (Phi) is 10.5.